The molecule has 4 nitrogen and oxygen atoms in total. The molecular formula is C20H18N4S. The van der Waals surface area contributed by atoms with Gasteiger partial charge in [-0.15, -0.1) is 11.3 Å². The monoisotopic (exact) mass is 346 g/mol. The number of fused-ring (bicyclic) bond motifs is 1. The molecule has 0 unspecified atom stereocenters. The maximum atomic E-state index is 4.46. The number of hydrogen-bond donors (Lipinski definition) is 1. The van der Waals surface area contributed by atoms with E-state index in [1.807, 2.05) is 19.2 Å². The highest BCUT2D eigenvalue weighted by Crippen LogP contribution is 2.36. The van der Waals surface area contributed by atoms with Crippen molar-refractivity contribution in [3.63, 3.8) is 0 Å². The lowest BCUT2D eigenvalue weighted by atomic mass is 10.1. The smallest absolute Gasteiger partial charge is 0.142 e. The topological polar surface area (TPSA) is 50.7 Å². The van der Waals surface area contributed by atoms with Crippen molar-refractivity contribution in [3.05, 3.63) is 65.7 Å². The third kappa shape index (κ3) is 2.98. The molecular weight excluding hydrogens is 328 g/mol. The Kier molecular flexibility index (Phi) is 3.93. The Bertz CT molecular complexity index is 1070. The van der Waals surface area contributed by atoms with Crippen molar-refractivity contribution in [1.29, 1.82) is 0 Å². The Morgan fingerprint density at radius 2 is 1.84 bits per heavy atom. The minimum Gasteiger partial charge on any atom is -0.339 e. The molecule has 0 aliphatic carbocycles. The fraction of sp³-hybridized carbons (Fsp3) is 0.150. The van der Waals surface area contributed by atoms with E-state index in [2.05, 4.69) is 64.4 Å². The molecule has 0 spiro atoms. The first-order valence-electron chi connectivity index (χ1n) is 8.12. The average Bonchev–Trinajstić information content (AvgIpc) is 3.02. The van der Waals surface area contributed by atoms with Gasteiger partial charge in [0.25, 0.3) is 0 Å². The first kappa shape index (κ1) is 15.7. The number of benzene rings is 1. The van der Waals surface area contributed by atoms with E-state index in [1.54, 1.807) is 17.7 Å². The van der Waals surface area contributed by atoms with Crippen molar-refractivity contribution in [2.24, 2.45) is 0 Å². The molecule has 4 aromatic rings. The quantitative estimate of drug-likeness (QED) is 0.538. The van der Waals surface area contributed by atoms with Crippen LogP contribution in [0.4, 0.5) is 11.5 Å². The second kappa shape index (κ2) is 6.26. The van der Waals surface area contributed by atoms with Crippen LogP contribution in [0.5, 0.6) is 0 Å². The number of nitrogens with zero attached hydrogens (tertiary/aromatic N) is 3. The van der Waals surface area contributed by atoms with Crippen LogP contribution < -0.4 is 5.32 Å². The van der Waals surface area contributed by atoms with Gasteiger partial charge in [0.2, 0.25) is 0 Å². The van der Waals surface area contributed by atoms with Crippen LogP contribution in [0.25, 0.3) is 20.7 Å². The highest BCUT2D eigenvalue weighted by molar-refractivity contribution is 7.21. The molecule has 0 aliphatic heterocycles. The zero-order chi connectivity index (χ0) is 17.4. The van der Waals surface area contributed by atoms with E-state index >= 15 is 0 Å². The third-order valence-corrected chi connectivity index (χ3v) is 5.31. The maximum Gasteiger partial charge on any atom is 0.142 e. The Hall–Kier alpha value is -2.79. The molecule has 1 aromatic carbocycles. The number of aryl methyl sites for hydroxylation is 3. The van der Waals surface area contributed by atoms with Gasteiger partial charge in [-0.25, -0.2) is 9.97 Å². The van der Waals surface area contributed by atoms with E-state index in [1.165, 1.54) is 11.1 Å². The summed E-state index contributed by atoms with van der Waals surface area (Å²) in [6.45, 7) is 6.23. The Balaban J connectivity index is 1.79. The number of hydrogen-bond acceptors (Lipinski definition) is 5. The summed E-state index contributed by atoms with van der Waals surface area (Å²) in [6, 6.07) is 12.6. The molecule has 3 heterocycles. The molecule has 0 atom stereocenters. The number of thiophene rings is 1. The molecule has 0 saturated heterocycles. The second-order valence-corrected chi connectivity index (χ2v) is 7.16. The largest absolute Gasteiger partial charge is 0.339 e. The average molecular weight is 346 g/mol. The van der Waals surface area contributed by atoms with Gasteiger partial charge in [-0.2, -0.15) is 0 Å². The van der Waals surface area contributed by atoms with Gasteiger partial charge in [-0.1, -0.05) is 23.8 Å². The zero-order valence-corrected chi connectivity index (χ0v) is 15.2. The molecule has 25 heavy (non-hydrogen) atoms. The summed E-state index contributed by atoms with van der Waals surface area (Å²) in [5, 5.41) is 4.49. The van der Waals surface area contributed by atoms with Crippen molar-refractivity contribution >= 4 is 33.1 Å². The first-order valence-corrected chi connectivity index (χ1v) is 8.94. The molecule has 1 N–H and O–H groups in total. The van der Waals surface area contributed by atoms with Crippen molar-refractivity contribution in [2.75, 3.05) is 5.32 Å². The number of aromatic nitrogens is 3. The standard InChI is InChI=1S/C20H18N4S/c1-12-6-7-17(13(2)9-12)24-19-16-10-18(25-20(16)23-11-22-19)15-5-4-8-21-14(15)3/h4-11H,1-3H3,(H,22,23,24). The predicted molar refractivity (Wildman–Crippen MR) is 105 cm³/mol. The number of rotatable bonds is 3. The van der Waals surface area contributed by atoms with E-state index in [-0.39, 0.29) is 0 Å². The van der Waals surface area contributed by atoms with Crippen LogP contribution in [-0.4, -0.2) is 15.0 Å². The summed E-state index contributed by atoms with van der Waals surface area (Å²) < 4.78 is 0. The summed E-state index contributed by atoms with van der Waals surface area (Å²) in [4.78, 5) is 15.4. The predicted octanol–water partition coefficient (Wildman–Crippen LogP) is 5.42. The highest BCUT2D eigenvalue weighted by Gasteiger charge is 2.12. The number of pyridine rings is 1. The fourth-order valence-corrected chi connectivity index (χ4v) is 3.99. The van der Waals surface area contributed by atoms with Crippen molar-refractivity contribution in [3.8, 4) is 10.4 Å². The highest BCUT2D eigenvalue weighted by atomic mass is 32.1. The Labute approximate surface area is 150 Å². The zero-order valence-electron chi connectivity index (χ0n) is 14.4. The lowest BCUT2D eigenvalue weighted by molar-refractivity contribution is 1.21. The van der Waals surface area contributed by atoms with Gasteiger partial charge in [-0.3, -0.25) is 4.98 Å². The van der Waals surface area contributed by atoms with Crippen LogP contribution in [0, 0.1) is 20.8 Å². The molecule has 5 heteroatoms. The molecule has 3 aromatic heterocycles. The normalized spacial score (nSPS) is 11.0. The van der Waals surface area contributed by atoms with Crippen LogP contribution in [0.3, 0.4) is 0 Å². The summed E-state index contributed by atoms with van der Waals surface area (Å²) >= 11 is 1.66. The molecule has 124 valence electrons. The van der Waals surface area contributed by atoms with Crippen molar-refractivity contribution < 1.29 is 0 Å². The van der Waals surface area contributed by atoms with E-state index in [0.29, 0.717) is 0 Å². The van der Waals surface area contributed by atoms with E-state index in [9.17, 15) is 0 Å². The summed E-state index contributed by atoms with van der Waals surface area (Å²) in [5.41, 5.74) is 5.68. The number of nitrogens with one attached hydrogen (secondary N) is 1. The summed E-state index contributed by atoms with van der Waals surface area (Å²) in [6.07, 6.45) is 3.43. The first-order chi connectivity index (χ1) is 12.1. The molecule has 0 amide bonds. The van der Waals surface area contributed by atoms with Gasteiger partial charge in [0, 0.05) is 28.0 Å². The molecule has 0 fully saturated rings. The Morgan fingerprint density at radius 3 is 2.64 bits per heavy atom. The maximum absolute atomic E-state index is 4.46. The summed E-state index contributed by atoms with van der Waals surface area (Å²) in [7, 11) is 0. The van der Waals surface area contributed by atoms with E-state index < -0.39 is 0 Å². The van der Waals surface area contributed by atoms with Crippen molar-refractivity contribution in [1.82, 2.24) is 15.0 Å². The van der Waals surface area contributed by atoms with E-state index in [0.717, 1.165) is 37.9 Å². The van der Waals surface area contributed by atoms with Gasteiger partial charge in [0.15, 0.2) is 0 Å². The van der Waals surface area contributed by atoms with Crippen LogP contribution in [-0.2, 0) is 0 Å². The van der Waals surface area contributed by atoms with Crippen LogP contribution >= 0.6 is 11.3 Å². The minimum atomic E-state index is 0.834. The van der Waals surface area contributed by atoms with Crippen LogP contribution in [0.2, 0.25) is 0 Å². The van der Waals surface area contributed by atoms with Gasteiger partial charge in [0.05, 0.1) is 5.39 Å². The SMILES string of the molecule is Cc1ccc(Nc2ncnc3sc(-c4cccnc4C)cc23)c(C)c1. The summed E-state index contributed by atoms with van der Waals surface area (Å²) in [5.74, 6) is 0.834. The van der Waals surface area contributed by atoms with Gasteiger partial charge in [-0.05, 0) is 44.5 Å². The lowest BCUT2D eigenvalue weighted by Crippen LogP contribution is -1.96. The molecule has 0 saturated carbocycles. The molecule has 0 bridgehead atoms. The molecule has 4 rings (SSSR count). The second-order valence-electron chi connectivity index (χ2n) is 6.13. The Morgan fingerprint density at radius 1 is 0.960 bits per heavy atom. The van der Waals surface area contributed by atoms with Crippen LogP contribution in [0.15, 0.2) is 48.9 Å². The third-order valence-electron chi connectivity index (χ3n) is 4.24. The van der Waals surface area contributed by atoms with Crippen molar-refractivity contribution in [2.45, 2.75) is 20.8 Å². The van der Waals surface area contributed by atoms with Crippen LogP contribution in [0.1, 0.15) is 16.8 Å². The fourth-order valence-electron chi connectivity index (χ4n) is 2.91. The molecule has 0 aliphatic rings. The van der Waals surface area contributed by atoms with Gasteiger partial charge < -0.3 is 5.32 Å². The number of anilines is 2. The lowest BCUT2D eigenvalue weighted by Gasteiger charge is -2.10. The minimum absolute atomic E-state index is 0.834. The molecule has 0 radical (unpaired) electrons. The van der Waals surface area contributed by atoms with Gasteiger partial charge in [0.1, 0.15) is 17.0 Å². The van der Waals surface area contributed by atoms with Gasteiger partial charge >= 0.3 is 0 Å². The van der Waals surface area contributed by atoms with E-state index in [4.69, 9.17) is 0 Å².